The van der Waals surface area contributed by atoms with Crippen molar-refractivity contribution in [3.05, 3.63) is 34.6 Å². The smallest absolute Gasteiger partial charge is 0.124 e. The molecule has 1 aliphatic rings. The molecule has 0 spiro atoms. The van der Waals surface area contributed by atoms with Crippen LogP contribution in [0, 0.1) is 11.7 Å². The number of nitrogens with one attached hydrogen (secondary N) is 1. The molecular weight excluding hydrogens is 249 g/mol. The van der Waals surface area contributed by atoms with Gasteiger partial charge in [-0.2, -0.15) is 0 Å². The summed E-state index contributed by atoms with van der Waals surface area (Å²) in [6, 6.07) is 5.16. The maximum atomic E-state index is 13.0. The first-order valence-corrected chi connectivity index (χ1v) is 7.24. The van der Waals surface area contributed by atoms with E-state index < -0.39 is 0 Å². The Hall–Kier alpha value is -0.600. The molecule has 1 fully saturated rings. The predicted octanol–water partition coefficient (Wildman–Crippen LogP) is 4.19. The lowest BCUT2D eigenvalue weighted by Gasteiger charge is -2.18. The molecule has 3 heteroatoms. The summed E-state index contributed by atoms with van der Waals surface area (Å²) in [5, 5.41) is 4.05. The minimum Gasteiger partial charge on any atom is -0.314 e. The molecule has 1 saturated carbocycles. The summed E-state index contributed by atoms with van der Waals surface area (Å²) in [4.78, 5) is 0. The summed E-state index contributed by atoms with van der Waals surface area (Å²) in [6.07, 6.45) is 6.18. The number of rotatable bonds is 7. The van der Waals surface area contributed by atoms with E-state index in [1.807, 2.05) is 0 Å². The van der Waals surface area contributed by atoms with Gasteiger partial charge in [-0.15, -0.1) is 0 Å². The van der Waals surface area contributed by atoms with Gasteiger partial charge in [0.15, 0.2) is 0 Å². The highest BCUT2D eigenvalue weighted by Crippen LogP contribution is 2.34. The molecular formula is C15H21ClFN. The number of likely N-dealkylation sites (N-methyl/N-ethyl adjacent to an activating group) is 1. The van der Waals surface area contributed by atoms with Gasteiger partial charge in [-0.3, -0.25) is 0 Å². The second-order valence-electron chi connectivity index (χ2n) is 5.22. The van der Waals surface area contributed by atoms with Crippen molar-refractivity contribution in [2.75, 3.05) is 6.54 Å². The summed E-state index contributed by atoms with van der Waals surface area (Å²) in [5.74, 6) is 0.691. The largest absolute Gasteiger partial charge is 0.314 e. The van der Waals surface area contributed by atoms with E-state index in [-0.39, 0.29) is 5.82 Å². The van der Waals surface area contributed by atoms with Crippen LogP contribution in [0.1, 0.15) is 38.2 Å². The Balaban J connectivity index is 1.92. The SMILES string of the molecule is CCNC(CCC1CC1)Cc1ccc(F)cc1Cl. The Bertz CT molecular complexity index is 390. The van der Waals surface area contributed by atoms with Crippen LogP contribution in [0.4, 0.5) is 4.39 Å². The molecule has 1 atom stereocenters. The zero-order valence-electron chi connectivity index (χ0n) is 10.9. The van der Waals surface area contributed by atoms with E-state index >= 15 is 0 Å². The molecule has 1 N–H and O–H groups in total. The second kappa shape index (κ2) is 6.53. The average Bonchev–Trinajstić information content (AvgIpc) is 3.13. The highest BCUT2D eigenvalue weighted by molar-refractivity contribution is 6.31. The maximum absolute atomic E-state index is 13.0. The van der Waals surface area contributed by atoms with Gasteiger partial charge < -0.3 is 5.32 Å². The second-order valence-corrected chi connectivity index (χ2v) is 5.62. The Morgan fingerprint density at radius 1 is 1.44 bits per heavy atom. The van der Waals surface area contributed by atoms with Crippen molar-refractivity contribution < 1.29 is 4.39 Å². The topological polar surface area (TPSA) is 12.0 Å². The average molecular weight is 270 g/mol. The molecule has 0 bridgehead atoms. The van der Waals surface area contributed by atoms with E-state index in [9.17, 15) is 4.39 Å². The molecule has 1 unspecified atom stereocenters. The fourth-order valence-electron chi connectivity index (χ4n) is 2.36. The third kappa shape index (κ3) is 4.25. The quantitative estimate of drug-likeness (QED) is 0.783. The van der Waals surface area contributed by atoms with Crippen LogP contribution in [0.15, 0.2) is 18.2 Å². The molecule has 0 saturated heterocycles. The molecule has 1 aromatic rings. The normalized spacial score (nSPS) is 16.8. The van der Waals surface area contributed by atoms with Crippen molar-refractivity contribution in [2.45, 2.75) is 45.1 Å². The molecule has 18 heavy (non-hydrogen) atoms. The minimum absolute atomic E-state index is 0.262. The first-order valence-electron chi connectivity index (χ1n) is 6.86. The van der Waals surface area contributed by atoms with Crippen molar-refractivity contribution in [2.24, 2.45) is 5.92 Å². The number of hydrogen-bond acceptors (Lipinski definition) is 1. The van der Waals surface area contributed by atoms with Crippen LogP contribution in [0.2, 0.25) is 5.02 Å². The van der Waals surface area contributed by atoms with Crippen LogP contribution < -0.4 is 5.32 Å². The monoisotopic (exact) mass is 269 g/mol. The molecule has 1 nitrogen and oxygen atoms in total. The Kier molecular flexibility index (Phi) is 5.02. The summed E-state index contributed by atoms with van der Waals surface area (Å²) in [7, 11) is 0. The van der Waals surface area contributed by atoms with Gasteiger partial charge in [-0.25, -0.2) is 4.39 Å². The Morgan fingerprint density at radius 2 is 2.22 bits per heavy atom. The van der Waals surface area contributed by atoms with E-state index in [4.69, 9.17) is 11.6 Å². The van der Waals surface area contributed by atoms with Crippen molar-refractivity contribution in [1.82, 2.24) is 5.32 Å². The van der Waals surface area contributed by atoms with Crippen molar-refractivity contribution in [3.63, 3.8) is 0 Å². The van der Waals surface area contributed by atoms with Gasteiger partial charge in [0.1, 0.15) is 5.82 Å². The third-order valence-corrected chi connectivity index (χ3v) is 3.95. The minimum atomic E-state index is -0.262. The van der Waals surface area contributed by atoms with Gasteiger partial charge in [0, 0.05) is 11.1 Å². The zero-order valence-corrected chi connectivity index (χ0v) is 11.6. The van der Waals surface area contributed by atoms with Crippen LogP contribution in [0.5, 0.6) is 0 Å². The van der Waals surface area contributed by atoms with Gasteiger partial charge in [0.2, 0.25) is 0 Å². The van der Waals surface area contributed by atoms with E-state index in [2.05, 4.69) is 12.2 Å². The van der Waals surface area contributed by atoms with Gasteiger partial charge >= 0.3 is 0 Å². The number of benzene rings is 1. The van der Waals surface area contributed by atoms with Crippen LogP contribution >= 0.6 is 11.6 Å². The lowest BCUT2D eigenvalue weighted by molar-refractivity contribution is 0.462. The van der Waals surface area contributed by atoms with Gasteiger partial charge in [-0.1, -0.05) is 37.4 Å². The fourth-order valence-corrected chi connectivity index (χ4v) is 2.61. The molecule has 0 aliphatic heterocycles. The van der Waals surface area contributed by atoms with Crippen LogP contribution in [-0.2, 0) is 6.42 Å². The summed E-state index contributed by atoms with van der Waals surface area (Å²) >= 11 is 6.08. The number of halogens is 2. The summed E-state index contributed by atoms with van der Waals surface area (Å²) < 4.78 is 13.0. The van der Waals surface area contributed by atoms with Gasteiger partial charge in [-0.05, 0) is 49.4 Å². The third-order valence-electron chi connectivity index (χ3n) is 3.59. The molecule has 2 rings (SSSR count). The Labute approximate surface area is 114 Å². The van der Waals surface area contributed by atoms with Crippen molar-refractivity contribution in [3.8, 4) is 0 Å². The first kappa shape index (κ1) is 13.8. The molecule has 1 aromatic carbocycles. The van der Waals surface area contributed by atoms with Crippen molar-refractivity contribution in [1.29, 1.82) is 0 Å². The molecule has 0 aromatic heterocycles. The number of hydrogen-bond donors (Lipinski definition) is 1. The highest BCUT2D eigenvalue weighted by atomic mass is 35.5. The van der Waals surface area contributed by atoms with Crippen LogP contribution in [0.3, 0.4) is 0 Å². The standard InChI is InChI=1S/C15H21ClFN/c1-2-18-14(8-5-11-3-4-11)9-12-6-7-13(17)10-15(12)16/h6-7,10-11,14,18H,2-5,8-9H2,1H3. The van der Waals surface area contributed by atoms with E-state index in [0.29, 0.717) is 11.1 Å². The summed E-state index contributed by atoms with van der Waals surface area (Å²) in [5.41, 5.74) is 1.04. The van der Waals surface area contributed by atoms with E-state index in [1.165, 1.54) is 37.8 Å². The van der Waals surface area contributed by atoms with Crippen LogP contribution in [-0.4, -0.2) is 12.6 Å². The predicted molar refractivity (Wildman–Crippen MR) is 74.5 cm³/mol. The van der Waals surface area contributed by atoms with E-state index in [0.717, 1.165) is 24.4 Å². The lowest BCUT2D eigenvalue weighted by Crippen LogP contribution is -2.31. The zero-order chi connectivity index (χ0) is 13.0. The molecule has 0 heterocycles. The maximum Gasteiger partial charge on any atom is 0.124 e. The molecule has 0 amide bonds. The van der Waals surface area contributed by atoms with Crippen LogP contribution in [0.25, 0.3) is 0 Å². The molecule has 1 aliphatic carbocycles. The van der Waals surface area contributed by atoms with Gasteiger partial charge in [0.25, 0.3) is 0 Å². The summed E-state index contributed by atoms with van der Waals surface area (Å²) in [6.45, 7) is 3.09. The van der Waals surface area contributed by atoms with Crippen molar-refractivity contribution >= 4 is 11.6 Å². The molecule has 100 valence electrons. The van der Waals surface area contributed by atoms with Gasteiger partial charge in [0.05, 0.1) is 0 Å². The first-order chi connectivity index (χ1) is 8.69. The fraction of sp³-hybridized carbons (Fsp3) is 0.600. The Morgan fingerprint density at radius 3 is 2.83 bits per heavy atom. The van der Waals surface area contributed by atoms with E-state index in [1.54, 1.807) is 6.07 Å². The molecule has 0 radical (unpaired) electrons. The lowest BCUT2D eigenvalue weighted by atomic mass is 10.00. The highest BCUT2D eigenvalue weighted by Gasteiger charge is 2.22.